The highest BCUT2D eigenvalue weighted by Gasteiger charge is 2.14. The average Bonchev–Trinajstić information content (AvgIpc) is 2.73. The van der Waals surface area contributed by atoms with Crippen LogP contribution in [0, 0.1) is 0 Å². The second-order valence-corrected chi connectivity index (χ2v) is 4.45. The molecule has 6 nitrogen and oxygen atoms in total. The molecule has 1 aromatic heterocycles. The summed E-state index contributed by atoms with van der Waals surface area (Å²) in [5.41, 5.74) is 0.129. The highest BCUT2D eigenvalue weighted by molar-refractivity contribution is 5.86. The van der Waals surface area contributed by atoms with Crippen LogP contribution in [0.1, 0.15) is 10.5 Å². The van der Waals surface area contributed by atoms with Gasteiger partial charge >= 0.3 is 5.97 Å². The van der Waals surface area contributed by atoms with E-state index in [1.807, 2.05) is 19.0 Å². The third-order valence-corrected chi connectivity index (χ3v) is 2.66. The molecule has 0 fully saturated rings. The molecule has 18 heavy (non-hydrogen) atoms. The number of carbonyl (C=O) groups is 2. The largest absolute Gasteiger partial charge is 0.477 e. The lowest BCUT2D eigenvalue weighted by molar-refractivity contribution is -0.130. The van der Waals surface area contributed by atoms with Gasteiger partial charge in [0.25, 0.3) is 0 Å². The van der Waals surface area contributed by atoms with Crippen molar-refractivity contribution < 1.29 is 14.7 Å². The summed E-state index contributed by atoms with van der Waals surface area (Å²) >= 11 is 0. The third-order valence-electron chi connectivity index (χ3n) is 2.66. The number of rotatable bonds is 6. The highest BCUT2D eigenvalue weighted by Crippen LogP contribution is 2.03. The molecule has 0 unspecified atom stereocenters. The van der Waals surface area contributed by atoms with Gasteiger partial charge in [0.2, 0.25) is 5.91 Å². The molecule has 0 aliphatic heterocycles. The van der Waals surface area contributed by atoms with Gasteiger partial charge in [-0.25, -0.2) is 4.79 Å². The van der Waals surface area contributed by atoms with Gasteiger partial charge in [0.1, 0.15) is 12.2 Å². The van der Waals surface area contributed by atoms with Gasteiger partial charge in [0, 0.05) is 26.3 Å². The number of amides is 1. The molecular weight excluding hydrogens is 234 g/mol. The first-order valence-electron chi connectivity index (χ1n) is 5.69. The summed E-state index contributed by atoms with van der Waals surface area (Å²) in [6.45, 7) is 1.45. The van der Waals surface area contributed by atoms with Crippen LogP contribution in [0.25, 0.3) is 0 Å². The van der Waals surface area contributed by atoms with Crippen LogP contribution in [0.4, 0.5) is 0 Å². The molecule has 100 valence electrons. The van der Waals surface area contributed by atoms with E-state index in [4.69, 9.17) is 5.11 Å². The molecule has 0 aliphatic carbocycles. The van der Waals surface area contributed by atoms with E-state index < -0.39 is 5.97 Å². The summed E-state index contributed by atoms with van der Waals surface area (Å²) in [4.78, 5) is 26.4. The zero-order chi connectivity index (χ0) is 13.7. The number of nitrogens with zero attached hydrogens (tertiary/aromatic N) is 3. The normalized spacial score (nSPS) is 10.7. The fourth-order valence-electron chi connectivity index (χ4n) is 1.49. The molecule has 1 heterocycles. The van der Waals surface area contributed by atoms with E-state index >= 15 is 0 Å². The molecule has 0 bridgehead atoms. The molecule has 0 saturated carbocycles. The van der Waals surface area contributed by atoms with Crippen LogP contribution < -0.4 is 0 Å². The Morgan fingerprint density at radius 3 is 2.50 bits per heavy atom. The lowest BCUT2D eigenvalue weighted by atomic mass is 10.4. The summed E-state index contributed by atoms with van der Waals surface area (Å²) in [5.74, 6) is -1.13. The quantitative estimate of drug-likeness (QED) is 0.787. The van der Waals surface area contributed by atoms with Gasteiger partial charge in [-0.3, -0.25) is 4.79 Å². The average molecular weight is 253 g/mol. The molecule has 0 aliphatic rings. The number of carboxylic acid groups (broad SMARTS) is 1. The van der Waals surface area contributed by atoms with Crippen molar-refractivity contribution in [3.8, 4) is 0 Å². The van der Waals surface area contributed by atoms with Crippen LogP contribution >= 0.6 is 0 Å². The van der Waals surface area contributed by atoms with Crippen molar-refractivity contribution in [2.45, 2.75) is 6.54 Å². The molecule has 0 spiro atoms. The van der Waals surface area contributed by atoms with Crippen molar-refractivity contribution in [1.29, 1.82) is 0 Å². The molecule has 0 atom stereocenters. The maximum absolute atomic E-state index is 11.9. The van der Waals surface area contributed by atoms with E-state index in [-0.39, 0.29) is 18.1 Å². The van der Waals surface area contributed by atoms with Gasteiger partial charge in [0.05, 0.1) is 0 Å². The number of aromatic carboxylic acids is 1. The number of carboxylic acids is 1. The Kier molecular flexibility index (Phi) is 4.91. The van der Waals surface area contributed by atoms with E-state index in [9.17, 15) is 9.59 Å². The van der Waals surface area contributed by atoms with Gasteiger partial charge in [-0.05, 0) is 26.2 Å². The molecule has 0 aromatic carbocycles. The first-order valence-corrected chi connectivity index (χ1v) is 5.69. The van der Waals surface area contributed by atoms with Crippen LogP contribution in [-0.4, -0.2) is 65.6 Å². The summed E-state index contributed by atoms with van der Waals surface area (Å²) in [6.07, 6.45) is 1.60. The number of likely N-dealkylation sites (N-methyl/N-ethyl adjacent to an activating group) is 2. The fourth-order valence-corrected chi connectivity index (χ4v) is 1.49. The van der Waals surface area contributed by atoms with Gasteiger partial charge in [-0.1, -0.05) is 0 Å². The smallest absolute Gasteiger partial charge is 0.352 e. The lowest BCUT2D eigenvalue weighted by Crippen LogP contribution is -2.35. The molecule has 1 N–H and O–H groups in total. The maximum Gasteiger partial charge on any atom is 0.352 e. The van der Waals surface area contributed by atoms with Gasteiger partial charge in [-0.2, -0.15) is 0 Å². The minimum absolute atomic E-state index is 0.0541. The van der Waals surface area contributed by atoms with Gasteiger partial charge in [0.15, 0.2) is 0 Å². The zero-order valence-corrected chi connectivity index (χ0v) is 11.0. The Bertz CT molecular complexity index is 426. The predicted molar refractivity (Wildman–Crippen MR) is 67.6 cm³/mol. The van der Waals surface area contributed by atoms with Crippen molar-refractivity contribution in [2.75, 3.05) is 34.2 Å². The number of hydrogen-bond donors (Lipinski definition) is 1. The van der Waals surface area contributed by atoms with Crippen molar-refractivity contribution >= 4 is 11.9 Å². The molecule has 1 amide bonds. The van der Waals surface area contributed by atoms with E-state index in [1.54, 1.807) is 24.2 Å². The summed E-state index contributed by atoms with van der Waals surface area (Å²) < 4.78 is 1.44. The molecule has 0 radical (unpaired) electrons. The first kappa shape index (κ1) is 14.2. The monoisotopic (exact) mass is 253 g/mol. The predicted octanol–water partition coefficient (Wildman–Crippen LogP) is 0.206. The Labute approximate surface area is 106 Å². The standard InChI is InChI=1S/C12H19N3O3/c1-13(2)7-8-14(3)11(16)9-15-6-4-5-10(15)12(17)18/h4-6H,7-9H2,1-3H3,(H,17,18). The molecule has 6 heteroatoms. The Hall–Kier alpha value is -1.82. The fraction of sp³-hybridized carbons (Fsp3) is 0.500. The van der Waals surface area contributed by atoms with Crippen molar-refractivity contribution in [3.63, 3.8) is 0 Å². The van der Waals surface area contributed by atoms with Gasteiger partial charge in [-0.15, -0.1) is 0 Å². The van der Waals surface area contributed by atoms with Crippen LogP contribution in [0.15, 0.2) is 18.3 Å². The number of aromatic nitrogens is 1. The van der Waals surface area contributed by atoms with Crippen molar-refractivity contribution in [3.05, 3.63) is 24.0 Å². The first-order chi connectivity index (χ1) is 8.41. The number of carbonyl (C=O) groups excluding carboxylic acids is 1. The van der Waals surface area contributed by atoms with E-state index in [2.05, 4.69) is 0 Å². The Morgan fingerprint density at radius 2 is 1.94 bits per heavy atom. The zero-order valence-electron chi connectivity index (χ0n) is 11.0. The number of hydrogen-bond acceptors (Lipinski definition) is 3. The second kappa shape index (κ2) is 6.20. The van der Waals surface area contributed by atoms with Crippen LogP contribution in [-0.2, 0) is 11.3 Å². The van der Waals surface area contributed by atoms with Crippen molar-refractivity contribution in [2.24, 2.45) is 0 Å². The maximum atomic E-state index is 11.9. The summed E-state index contributed by atoms with van der Waals surface area (Å²) in [5, 5.41) is 8.93. The highest BCUT2D eigenvalue weighted by atomic mass is 16.4. The lowest BCUT2D eigenvalue weighted by Gasteiger charge is -2.20. The van der Waals surface area contributed by atoms with E-state index in [0.29, 0.717) is 6.54 Å². The molecule has 1 rings (SSSR count). The van der Waals surface area contributed by atoms with E-state index in [1.165, 1.54) is 10.6 Å². The SMILES string of the molecule is CN(C)CCN(C)C(=O)Cn1cccc1C(=O)O. The van der Waals surface area contributed by atoms with Crippen LogP contribution in [0.3, 0.4) is 0 Å². The third kappa shape index (κ3) is 3.89. The van der Waals surface area contributed by atoms with Gasteiger partial charge < -0.3 is 19.5 Å². The second-order valence-electron chi connectivity index (χ2n) is 4.45. The minimum Gasteiger partial charge on any atom is -0.477 e. The Morgan fingerprint density at radius 1 is 1.28 bits per heavy atom. The van der Waals surface area contributed by atoms with Crippen LogP contribution in [0.5, 0.6) is 0 Å². The summed E-state index contributed by atoms with van der Waals surface area (Å²) in [6, 6.07) is 3.10. The van der Waals surface area contributed by atoms with Crippen molar-refractivity contribution in [1.82, 2.24) is 14.4 Å². The van der Waals surface area contributed by atoms with Crippen LogP contribution in [0.2, 0.25) is 0 Å². The van der Waals surface area contributed by atoms with E-state index in [0.717, 1.165) is 6.54 Å². The minimum atomic E-state index is -1.02. The Balaban J connectivity index is 2.58. The topological polar surface area (TPSA) is 65.8 Å². The molecule has 1 aromatic rings. The molecule has 0 saturated heterocycles. The summed E-state index contributed by atoms with van der Waals surface area (Å²) in [7, 11) is 5.59. The molecular formula is C12H19N3O3.